The molecule has 1 aromatic carbocycles. The second-order valence-corrected chi connectivity index (χ2v) is 7.28. The monoisotopic (exact) mass is 312 g/mol. The summed E-state index contributed by atoms with van der Waals surface area (Å²) < 4.78 is 5.34. The van der Waals surface area contributed by atoms with Gasteiger partial charge in [0.15, 0.2) is 5.78 Å². The summed E-state index contributed by atoms with van der Waals surface area (Å²) in [6.07, 6.45) is 2.47. The first-order chi connectivity index (χ1) is 10.9. The third-order valence-electron chi connectivity index (χ3n) is 5.59. The van der Waals surface area contributed by atoms with Crippen LogP contribution in [0.2, 0.25) is 0 Å². The number of rotatable bonds is 4. The van der Waals surface area contributed by atoms with Crippen LogP contribution in [0.1, 0.15) is 38.7 Å². The summed E-state index contributed by atoms with van der Waals surface area (Å²) in [7, 11) is 0. The Balaban J connectivity index is 2.04. The van der Waals surface area contributed by atoms with Crippen LogP contribution in [0.3, 0.4) is 0 Å². The van der Waals surface area contributed by atoms with Crippen LogP contribution < -0.4 is 0 Å². The molecule has 0 spiro atoms. The van der Waals surface area contributed by atoms with Crippen LogP contribution in [0.25, 0.3) is 0 Å². The summed E-state index contributed by atoms with van der Waals surface area (Å²) in [6, 6.07) is 9.77. The predicted molar refractivity (Wildman–Crippen MR) is 88.8 cm³/mol. The summed E-state index contributed by atoms with van der Waals surface area (Å²) in [5.74, 6) is -0.398. The number of hydrogen-bond acceptors (Lipinski definition) is 3. The van der Waals surface area contributed by atoms with E-state index in [0.717, 1.165) is 17.6 Å². The van der Waals surface area contributed by atoms with Crippen molar-refractivity contribution >= 4 is 11.8 Å². The molecule has 0 radical (unpaired) electrons. The molecule has 2 aliphatic rings. The van der Waals surface area contributed by atoms with Crippen LogP contribution in [0.5, 0.6) is 0 Å². The van der Waals surface area contributed by atoms with Crippen molar-refractivity contribution in [3.63, 3.8) is 0 Å². The zero-order chi connectivity index (χ0) is 16.7. The molecular formula is C20H24O3. The van der Waals surface area contributed by atoms with Gasteiger partial charge in [-0.25, -0.2) is 0 Å². The number of carbonyl (C=O) groups excluding carboxylic acids is 2. The smallest absolute Gasteiger partial charge is 0.320 e. The molecule has 0 amide bonds. The van der Waals surface area contributed by atoms with Gasteiger partial charge in [0, 0.05) is 5.92 Å². The van der Waals surface area contributed by atoms with Crippen molar-refractivity contribution < 1.29 is 14.3 Å². The van der Waals surface area contributed by atoms with Crippen molar-refractivity contribution in [1.82, 2.24) is 0 Å². The lowest BCUT2D eigenvalue weighted by Gasteiger charge is -2.42. The lowest BCUT2D eigenvalue weighted by Crippen LogP contribution is -2.50. The van der Waals surface area contributed by atoms with E-state index in [1.54, 1.807) is 6.92 Å². The van der Waals surface area contributed by atoms with Crippen molar-refractivity contribution in [3.05, 3.63) is 48.0 Å². The lowest BCUT2D eigenvalue weighted by atomic mass is 9.60. The summed E-state index contributed by atoms with van der Waals surface area (Å²) in [5, 5.41) is 0. The Morgan fingerprint density at radius 1 is 1.35 bits per heavy atom. The average Bonchev–Trinajstić information content (AvgIpc) is 2.78. The van der Waals surface area contributed by atoms with E-state index in [9.17, 15) is 9.59 Å². The minimum atomic E-state index is -1.06. The Hall–Kier alpha value is -1.90. The van der Waals surface area contributed by atoms with E-state index < -0.39 is 5.41 Å². The van der Waals surface area contributed by atoms with Gasteiger partial charge in [-0.15, -0.1) is 0 Å². The standard InChI is InChI=1S/C20H24O3/c1-4-23-18(22)20(11-15-8-6-5-7-9-15)13-19(3)12-16(17(20)21)10-14(19)2/h5-9,16H,2,4,10-13H2,1,3H3/t16-,19+,20-/m0/s1. The molecule has 2 fully saturated rings. The fraction of sp³-hybridized carbons (Fsp3) is 0.500. The van der Waals surface area contributed by atoms with Gasteiger partial charge in [-0.1, -0.05) is 49.4 Å². The zero-order valence-electron chi connectivity index (χ0n) is 13.9. The van der Waals surface area contributed by atoms with Gasteiger partial charge in [0.1, 0.15) is 5.41 Å². The van der Waals surface area contributed by atoms with Crippen molar-refractivity contribution in [2.24, 2.45) is 16.7 Å². The first kappa shape index (κ1) is 16.0. The highest BCUT2D eigenvalue weighted by Crippen LogP contribution is 2.59. The molecule has 3 rings (SSSR count). The topological polar surface area (TPSA) is 43.4 Å². The van der Waals surface area contributed by atoms with Gasteiger partial charge < -0.3 is 4.74 Å². The highest BCUT2D eigenvalue weighted by Gasteiger charge is 2.61. The van der Waals surface area contributed by atoms with Gasteiger partial charge in [-0.05, 0) is 43.6 Å². The summed E-state index contributed by atoms with van der Waals surface area (Å²) in [5.41, 5.74) is 0.911. The number of carbonyl (C=O) groups is 2. The third-order valence-corrected chi connectivity index (χ3v) is 5.59. The summed E-state index contributed by atoms with van der Waals surface area (Å²) in [4.78, 5) is 26.0. The second-order valence-electron chi connectivity index (χ2n) is 7.28. The Labute approximate surface area is 137 Å². The van der Waals surface area contributed by atoms with Gasteiger partial charge in [0.25, 0.3) is 0 Å². The van der Waals surface area contributed by atoms with Gasteiger partial charge in [0.2, 0.25) is 0 Å². The van der Waals surface area contributed by atoms with Crippen LogP contribution >= 0.6 is 0 Å². The molecule has 3 nitrogen and oxygen atoms in total. The van der Waals surface area contributed by atoms with E-state index >= 15 is 0 Å². The molecule has 0 N–H and O–H groups in total. The Kier molecular flexibility index (Phi) is 3.91. The van der Waals surface area contributed by atoms with Gasteiger partial charge >= 0.3 is 5.97 Å². The second kappa shape index (κ2) is 5.63. The minimum Gasteiger partial charge on any atom is -0.465 e. The van der Waals surface area contributed by atoms with Crippen LogP contribution in [-0.4, -0.2) is 18.4 Å². The van der Waals surface area contributed by atoms with Crippen molar-refractivity contribution in [3.8, 4) is 0 Å². The molecule has 3 atom stereocenters. The SMILES string of the molecule is C=C1C[C@H]2C[C@]1(C)C[C@](Cc1ccccc1)(C(=O)OCC)C2=O. The molecule has 0 aliphatic heterocycles. The largest absolute Gasteiger partial charge is 0.465 e. The van der Waals surface area contributed by atoms with E-state index in [2.05, 4.69) is 13.5 Å². The van der Waals surface area contributed by atoms with Gasteiger partial charge in [0.05, 0.1) is 6.61 Å². The maximum absolute atomic E-state index is 13.2. The van der Waals surface area contributed by atoms with E-state index in [-0.39, 0.29) is 23.1 Å². The highest BCUT2D eigenvalue weighted by molar-refractivity contribution is 6.06. The van der Waals surface area contributed by atoms with Gasteiger partial charge in [-0.2, -0.15) is 0 Å². The normalized spacial score (nSPS) is 32.9. The first-order valence-electron chi connectivity index (χ1n) is 8.35. The number of benzene rings is 1. The summed E-state index contributed by atoms with van der Waals surface area (Å²) in [6.45, 7) is 8.40. The predicted octanol–water partition coefficient (Wildman–Crippen LogP) is 3.72. The van der Waals surface area contributed by atoms with Crippen LogP contribution in [0.4, 0.5) is 0 Å². The maximum Gasteiger partial charge on any atom is 0.320 e. The number of hydrogen-bond donors (Lipinski definition) is 0. The quantitative estimate of drug-likeness (QED) is 0.483. The zero-order valence-corrected chi connectivity index (χ0v) is 13.9. The summed E-state index contributed by atoms with van der Waals surface area (Å²) >= 11 is 0. The molecule has 0 aromatic heterocycles. The maximum atomic E-state index is 13.2. The lowest BCUT2D eigenvalue weighted by molar-refractivity contribution is -0.166. The van der Waals surface area contributed by atoms with Crippen LogP contribution in [0.15, 0.2) is 42.5 Å². The molecule has 0 saturated heterocycles. The van der Waals surface area contributed by atoms with Crippen molar-refractivity contribution in [2.45, 2.75) is 39.5 Å². The number of ketones is 1. The van der Waals surface area contributed by atoms with Crippen LogP contribution in [-0.2, 0) is 20.7 Å². The van der Waals surface area contributed by atoms with E-state index in [4.69, 9.17) is 4.74 Å². The number of ether oxygens (including phenoxy) is 1. The molecular weight excluding hydrogens is 288 g/mol. The molecule has 2 bridgehead atoms. The molecule has 23 heavy (non-hydrogen) atoms. The Bertz CT molecular complexity index is 648. The van der Waals surface area contributed by atoms with E-state index in [0.29, 0.717) is 25.9 Å². The molecule has 1 aromatic rings. The van der Waals surface area contributed by atoms with Crippen LogP contribution in [0, 0.1) is 16.7 Å². The Morgan fingerprint density at radius 2 is 2.04 bits per heavy atom. The number of allylic oxidation sites excluding steroid dienone is 1. The van der Waals surface area contributed by atoms with Crippen molar-refractivity contribution in [1.29, 1.82) is 0 Å². The van der Waals surface area contributed by atoms with E-state index in [1.165, 1.54) is 0 Å². The number of Topliss-reactive ketones (excluding diaryl/α,β-unsaturated/α-hetero) is 1. The number of fused-ring (bicyclic) bond motifs is 2. The molecule has 0 heterocycles. The van der Waals surface area contributed by atoms with E-state index in [1.807, 2.05) is 30.3 Å². The molecule has 122 valence electrons. The molecule has 2 saturated carbocycles. The fourth-order valence-corrected chi connectivity index (χ4v) is 4.44. The Morgan fingerprint density at radius 3 is 2.70 bits per heavy atom. The number of esters is 1. The average molecular weight is 312 g/mol. The minimum absolute atomic E-state index is 0.0518. The third kappa shape index (κ3) is 2.52. The molecule has 3 heteroatoms. The highest BCUT2D eigenvalue weighted by atomic mass is 16.5. The van der Waals surface area contributed by atoms with Gasteiger partial charge in [-0.3, -0.25) is 9.59 Å². The first-order valence-corrected chi connectivity index (χ1v) is 8.35. The molecule has 2 aliphatic carbocycles. The van der Waals surface area contributed by atoms with Crippen molar-refractivity contribution in [2.75, 3.05) is 6.61 Å². The fourth-order valence-electron chi connectivity index (χ4n) is 4.44. The molecule has 0 unspecified atom stereocenters.